The molecule has 5 aromatic rings. The van der Waals surface area contributed by atoms with Gasteiger partial charge in [-0.3, -0.25) is 9.78 Å². The van der Waals surface area contributed by atoms with Gasteiger partial charge in [-0.2, -0.15) is 0 Å². The van der Waals surface area contributed by atoms with Gasteiger partial charge in [0.05, 0.1) is 24.7 Å². The maximum Gasteiger partial charge on any atom is 0.251 e. The van der Waals surface area contributed by atoms with E-state index in [2.05, 4.69) is 20.4 Å². The van der Waals surface area contributed by atoms with E-state index in [9.17, 15) is 4.79 Å². The molecule has 158 valence electrons. The van der Waals surface area contributed by atoms with Crippen LogP contribution in [0, 0.1) is 0 Å². The molecule has 0 saturated carbocycles. The molecule has 0 unspecified atom stereocenters. The minimum absolute atomic E-state index is 0.220. The summed E-state index contributed by atoms with van der Waals surface area (Å²) in [5.41, 5.74) is 3.59. The molecular formula is C24H18N4O4. The predicted octanol–water partition coefficient (Wildman–Crippen LogP) is 4.48. The molecule has 0 radical (unpaired) electrons. The van der Waals surface area contributed by atoms with Crippen molar-refractivity contribution in [2.75, 3.05) is 7.11 Å². The molecule has 1 amide bonds. The summed E-state index contributed by atoms with van der Waals surface area (Å²) in [5.74, 6) is 0.914. The normalized spacial score (nSPS) is 10.9. The van der Waals surface area contributed by atoms with Gasteiger partial charge in [0.2, 0.25) is 5.89 Å². The van der Waals surface area contributed by atoms with Crippen molar-refractivity contribution in [1.82, 2.24) is 20.4 Å². The number of fused-ring (bicyclic) bond motifs is 1. The Morgan fingerprint density at radius 2 is 2.03 bits per heavy atom. The third kappa shape index (κ3) is 3.81. The molecule has 0 aliphatic rings. The highest BCUT2D eigenvalue weighted by Gasteiger charge is 2.18. The summed E-state index contributed by atoms with van der Waals surface area (Å²) in [5, 5.41) is 7.67. The Kier molecular flexibility index (Phi) is 5.09. The minimum atomic E-state index is -0.220. The van der Waals surface area contributed by atoms with Crippen molar-refractivity contribution in [2.24, 2.45) is 0 Å². The molecule has 0 saturated heterocycles. The van der Waals surface area contributed by atoms with E-state index >= 15 is 0 Å². The molecule has 32 heavy (non-hydrogen) atoms. The van der Waals surface area contributed by atoms with E-state index in [1.165, 1.54) is 6.26 Å². The van der Waals surface area contributed by atoms with Crippen LogP contribution in [0.25, 0.3) is 33.8 Å². The van der Waals surface area contributed by atoms with Gasteiger partial charge in [0.15, 0.2) is 5.58 Å². The summed E-state index contributed by atoms with van der Waals surface area (Å²) in [7, 11) is 1.60. The molecule has 1 N–H and O–H groups in total. The Balaban J connectivity index is 1.42. The number of pyridine rings is 1. The lowest BCUT2D eigenvalue weighted by Crippen LogP contribution is -2.23. The Bertz CT molecular complexity index is 1390. The molecule has 8 nitrogen and oxygen atoms in total. The average Bonchev–Trinajstić information content (AvgIpc) is 3.50. The topological polar surface area (TPSA) is 103 Å². The number of benzene rings is 2. The molecule has 0 atom stereocenters. The van der Waals surface area contributed by atoms with E-state index < -0.39 is 0 Å². The first kappa shape index (κ1) is 19.5. The summed E-state index contributed by atoms with van der Waals surface area (Å²) in [6.07, 6.45) is 3.20. The van der Waals surface area contributed by atoms with Crippen LogP contribution in [-0.2, 0) is 6.54 Å². The van der Waals surface area contributed by atoms with Crippen LogP contribution in [0.5, 0.6) is 5.75 Å². The van der Waals surface area contributed by atoms with Gasteiger partial charge in [-0.05, 0) is 48.5 Å². The van der Waals surface area contributed by atoms with Crippen LogP contribution in [0.1, 0.15) is 16.1 Å². The zero-order chi connectivity index (χ0) is 21.9. The number of ether oxygens (including phenoxy) is 1. The fourth-order valence-corrected chi connectivity index (χ4v) is 3.31. The molecule has 3 heterocycles. The SMILES string of the molecule is COc1cccc(-c2nc(-c3noc4ccc(C(=O)NCc5ccccn5)cc34)co2)c1. The molecule has 5 rings (SSSR count). The van der Waals surface area contributed by atoms with Crippen LogP contribution in [-0.4, -0.2) is 28.1 Å². The van der Waals surface area contributed by atoms with E-state index in [1.54, 1.807) is 31.5 Å². The summed E-state index contributed by atoms with van der Waals surface area (Å²) < 4.78 is 16.3. The lowest BCUT2D eigenvalue weighted by atomic mass is 10.1. The Labute approximate surface area is 182 Å². The summed E-state index contributed by atoms with van der Waals surface area (Å²) >= 11 is 0. The zero-order valence-electron chi connectivity index (χ0n) is 17.1. The molecule has 8 heteroatoms. The second-order valence-electron chi connectivity index (χ2n) is 7.02. The number of carbonyl (C=O) groups is 1. The van der Waals surface area contributed by atoms with Crippen molar-refractivity contribution in [3.05, 3.63) is 84.4 Å². The largest absolute Gasteiger partial charge is 0.497 e. The van der Waals surface area contributed by atoms with Gasteiger partial charge < -0.3 is 19.0 Å². The number of oxazole rings is 1. The number of nitrogens with one attached hydrogen (secondary N) is 1. The average molecular weight is 426 g/mol. The number of rotatable bonds is 6. The number of carbonyl (C=O) groups excluding carboxylic acids is 1. The highest BCUT2D eigenvalue weighted by atomic mass is 16.5. The van der Waals surface area contributed by atoms with Gasteiger partial charge in [-0.1, -0.05) is 17.3 Å². The minimum Gasteiger partial charge on any atom is -0.497 e. The highest BCUT2D eigenvalue weighted by molar-refractivity contribution is 6.00. The number of methoxy groups -OCH3 is 1. The molecule has 3 aromatic heterocycles. The maximum absolute atomic E-state index is 12.6. The first-order valence-corrected chi connectivity index (χ1v) is 9.89. The number of hydrogen-bond acceptors (Lipinski definition) is 7. The van der Waals surface area contributed by atoms with Crippen molar-refractivity contribution in [3.63, 3.8) is 0 Å². The monoisotopic (exact) mass is 426 g/mol. The molecule has 0 spiro atoms. The summed E-state index contributed by atoms with van der Waals surface area (Å²) in [4.78, 5) is 21.4. The molecule has 0 bridgehead atoms. The van der Waals surface area contributed by atoms with Crippen LogP contribution in [0.4, 0.5) is 0 Å². The number of nitrogens with zero attached hydrogens (tertiary/aromatic N) is 3. The first-order chi connectivity index (χ1) is 15.7. The van der Waals surface area contributed by atoms with Crippen LogP contribution >= 0.6 is 0 Å². The van der Waals surface area contributed by atoms with Crippen molar-refractivity contribution in [1.29, 1.82) is 0 Å². The van der Waals surface area contributed by atoms with Gasteiger partial charge in [0, 0.05) is 17.3 Å². The van der Waals surface area contributed by atoms with Crippen LogP contribution in [0.2, 0.25) is 0 Å². The third-order valence-corrected chi connectivity index (χ3v) is 4.95. The highest BCUT2D eigenvalue weighted by Crippen LogP contribution is 2.31. The zero-order valence-corrected chi connectivity index (χ0v) is 17.1. The van der Waals surface area contributed by atoms with E-state index in [0.717, 1.165) is 11.3 Å². The lowest BCUT2D eigenvalue weighted by molar-refractivity contribution is 0.0950. The smallest absolute Gasteiger partial charge is 0.251 e. The van der Waals surface area contributed by atoms with Gasteiger partial charge in [0.1, 0.15) is 23.4 Å². The fourth-order valence-electron chi connectivity index (χ4n) is 3.31. The Morgan fingerprint density at radius 3 is 2.88 bits per heavy atom. The van der Waals surface area contributed by atoms with Crippen molar-refractivity contribution >= 4 is 16.9 Å². The lowest BCUT2D eigenvalue weighted by Gasteiger charge is -2.04. The summed E-state index contributed by atoms with van der Waals surface area (Å²) in [6.45, 7) is 0.335. The fraction of sp³-hybridized carbons (Fsp3) is 0.0833. The number of amides is 1. The standard InChI is InChI=1S/C24H18N4O4/c1-30-18-7-4-5-16(11-18)24-27-20(14-31-24)22-19-12-15(8-9-21(19)32-28-22)23(29)26-13-17-6-2-3-10-25-17/h2-12,14H,13H2,1H3,(H,26,29). The third-order valence-electron chi connectivity index (χ3n) is 4.95. The summed E-state index contributed by atoms with van der Waals surface area (Å²) in [6, 6.07) is 18.1. The molecule has 0 aliphatic heterocycles. The molecule has 0 aliphatic carbocycles. The predicted molar refractivity (Wildman–Crippen MR) is 117 cm³/mol. The van der Waals surface area contributed by atoms with Crippen molar-refractivity contribution in [2.45, 2.75) is 6.54 Å². The molecule has 2 aromatic carbocycles. The maximum atomic E-state index is 12.6. The first-order valence-electron chi connectivity index (χ1n) is 9.89. The van der Waals surface area contributed by atoms with Gasteiger partial charge in [0.25, 0.3) is 5.91 Å². The Morgan fingerprint density at radius 1 is 1.09 bits per heavy atom. The van der Waals surface area contributed by atoms with Crippen molar-refractivity contribution < 1.29 is 18.5 Å². The van der Waals surface area contributed by atoms with Gasteiger partial charge in [-0.25, -0.2) is 4.98 Å². The van der Waals surface area contributed by atoms with E-state index in [-0.39, 0.29) is 5.91 Å². The van der Waals surface area contributed by atoms with Gasteiger partial charge in [-0.15, -0.1) is 0 Å². The molecular weight excluding hydrogens is 408 g/mol. The second kappa shape index (κ2) is 8.35. The molecule has 0 fully saturated rings. The van der Waals surface area contributed by atoms with E-state index in [4.69, 9.17) is 13.7 Å². The van der Waals surface area contributed by atoms with Crippen LogP contribution < -0.4 is 10.1 Å². The number of hydrogen-bond donors (Lipinski definition) is 1. The van der Waals surface area contributed by atoms with E-state index in [1.807, 2.05) is 42.5 Å². The second-order valence-corrected chi connectivity index (χ2v) is 7.02. The number of aromatic nitrogens is 3. The van der Waals surface area contributed by atoms with Crippen molar-refractivity contribution in [3.8, 4) is 28.6 Å². The van der Waals surface area contributed by atoms with Gasteiger partial charge >= 0.3 is 0 Å². The quantitative estimate of drug-likeness (QED) is 0.427. The Hall–Kier alpha value is -4.46. The van der Waals surface area contributed by atoms with E-state index in [0.29, 0.717) is 46.1 Å². The van der Waals surface area contributed by atoms with Crippen LogP contribution in [0.3, 0.4) is 0 Å². The van der Waals surface area contributed by atoms with Crippen LogP contribution in [0.15, 0.2) is 82.1 Å².